The lowest BCUT2D eigenvalue weighted by Gasteiger charge is -2.27. The Morgan fingerprint density at radius 2 is 2.19 bits per heavy atom. The molecule has 1 aliphatic heterocycles. The van der Waals surface area contributed by atoms with Gasteiger partial charge in [-0.15, -0.1) is 5.10 Å². The maximum Gasteiger partial charge on any atom is 0.378 e. The Hall–Kier alpha value is -2.56. The first-order valence-electron chi connectivity index (χ1n) is 8.66. The van der Waals surface area contributed by atoms with Crippen LogP contribution in [0.2, 0.25) is 0 Å². The number of nitrogens with zero attached hydrogens (tertiary/aromatic N) is 5. The van der Waals surface area contributed by atoms with Crippen LogP contribution >= 0.6 is 0 Å². The lowest BCUT2D eigenvalue weighted by molar-refractivity contribution is -0.136. The molecule has 1 fully saturated rings. The van der Waals surface area contributed by atoms with Crippen LogP contribution in [-0.4, -0.2) is 75.5 Å². The van der Waals surface area contributed by atoms with Crippen LogP contribution in [-0.2, 0) is 19.4 Å². The van der Waals surface area contributed by atoms with Crippen molar-refractivity contribution < 1.29 is 22.7 Å². The summed E-state index contributed by atoms with van der Waals surface area (Å²) in [6.07, 6.45) is 2.63. The van der Waals surface area contributed by atoms with Gasteiger partial charge in [0.05, 0.1) is 11.5 Å². The molecule has 2 aromatic rings. The van der Waals surface area contributed by atoms with Crippen molar-refractivity contribution in [2.24, 2.45) is 0 Å². The van der Waals surface area contributed by atoms with Crippen LogP contribution in [0.3, 0.4) is 0 Å². The maximum absolute atomic E-state index is 12.5. The monoisotopic (exact) mass is 395 g/mol. The first-order chi connectivity index (χ1) is 12.8. The Balaban J connectivity index is 1.65. The molecule has 0 bridgehead atoms. The van der Waals surface area contributed by atoms with Gasteiger partial charge in [0.1, 0.15) is 0 Å². The minimum atomic E-state index is -3.12. The van der Waals surface area contributed by atoms with Crippen LogP contribution in [0.5, 0.6) is 0 Å². The Bertz CT molecular complexity index is 971. The van der Waals surface area contributed by atoms with Crippen LogP contribution in [0.15, 0.2) is 12.3 Å². The number of amides is 1. The summed E-state index contributed by atoms with van der Waals surface area (Å²) in [5.41, 5.74) is 0.749. The molecule has 10 nitrogen and oxygen atoms in total. The fourth-order valence-electron chi connectivity index (χ4n) is 3.04. The standard InChI is InChI=1S/C16H21N5O5S/c1-3-7-20(12-5-8-27(24,25)10-12)13(22)9-26-15(23)14-18-16-17-6-4-11(2)21(16)19-14/h4,6,12H,3,5,7-10H2,1-2H3/t12-/m0/s1. The molecular weight excluding hydrogens is 374 g/mol. The highest BCUT2D eigenvalue weighted by atomic mass is 32.2. The zero-order valence-electron chi connectivity index (χ0n) is 15.2. The molecule has 0 radical (unpaired) electrons. The number of fused-ring (bicyclic) bond motifs is 1. The molecule has 3 heterocycles. The van der Waals surface area contributed by atoms with Gasteiger partial charge in [0, 0.05) is 24.5 Å². The van der Waals surface area contributed by atoms with Crippen molar-refractivity contribution in [1.82, 2.24) is 24.5 Å². The normalized spacial score (nSPS) is 18.5. The van der Waals surface area contributed by atoms with E-state index in [0.29, 0.717) is 19.4 Å². The lowest BCUT2D eigenvalue weighted by atomic mass is 10.2. The van der Waals surface area contributed by atoms with Crippen molar-refractivity contribution in [3.8, 4) is 0 Å². The molecule has 1 aliphatic rings. The summed E-state index contributed by atoms with van der Waals surface area (Å²) >= 11 is 0. The number of hydrogen-bond acceptors (Lipinski definition) is 8. The molecule has 3 rings (SSSR count). The Morgan fingerprint density at radius 3 is 2.81 bits per heavy atom. The van der Waals surface area contributed by atoms with Gasteiger partial charge in [0.25, 0.3) is 17.5 Å². The van der Waals surface area contributed by atoms with Gasteiger partial charge in [0.15, 0.2) is 16.4 Å². The first kappa shape index (κ1) is 19.2. The average Bonchev–Trinajstić information content (AvgIpc) is 3.21. The van der Waals surface area contributed by atoms with Gasteiger partial charge in [-0.2, -0.15) is 4.98 Å². The molecule has 146 valence electrons. The Morgan fingerprint density at radius 1 is 1.41 bits per heavy atom. The molecule has 0 saturated carbocycles. The van der Waals surface area contributed by atoms with E-state index >= 15 is 0 Å². The summed E-state index contributed by atoms with van der Waals surface area (Å²) in [6.45, 7) is 3.61. The molecule has 1 amide bonds. The SMILES string of the molecule is CCCN(C(=O)COC(=O)c1nc2nccc(C)n2n1)[C@H]1CCS(=O)(=O)C1. The molecule has 0 spiro atoms. The third kappa shape index (κ3) is 4.24. The van der Waals surface area contributed by atoms with E-state index in [1.54, 1.807) is 19.2 Å². The molecular formula is C16H21N5O5S. The zero-order valence-corrected chi connectivity index (χ0v) is 16.0. The van der Waals surface area contributed by atoms with Gasteiger partial charge >= 0.3 is 5.97 Å². The van der Waals surface area contributed by atoms with Crippen molar-refractivity contribution in [3.63, 3.8) is 0 Å². The molecule has 0 aliphatic carbocycles. The third-order valence-electron chi connectivity index (χ3n) is 4.37. The van der Waals surface area contributed by atoms with E-state index in [2.05, 4.69) is 15.1 Å². The van der Waals surface area contributed by atoms with E-state index in [0.717, 1.165) is 5.69 Å². The van der Waals surface area contributed by atoms with Crippen molar-refractivity contribution in [1.29, 1.82) is 0 Å². The van der Waals surface area contributed by atoms with Gasteiger partial charge in [-0.25, -0.2) is 22.7 Å². The smallest absolute Gasteiger partial charge is 0.378 e. The molecule has 0 N–H and O–H groups in total. The average molecular weight is 395 g/mol. The van der Waals surface area contributed by atoms with E-state index in [-0.39, 0.29) is 29.1 Å². The highest BCUT2D eigenvalue weighted by molar-refractivity contribution is 7.91. The number of aryl methyl sites for hydroxylation is 1. The second kappa shape index (κ2) is 7.59. The molecule has 1 atom stereocenters. The molecule has 27 heavy (non-hydrogen) atoms. The minimum absolute atomic E-state index is 0.0500. The molecule has 2 aromatic heterocycles. The third-order valence-corrected chi connectivity index (χ3v) is 6.12. The van der Waals surface area contributed by atoms with E-state index in [1.807, 2.05) is 6.92 Å². The van der Waals surface area contributed by atoms with Gasteiger partial charge < -0.3 is 9.64 Å². The maximum atomic E-state index is 12.5. The number of carbonyl (C=O) groups excluding carboxylic acids is 2. The van der Waals surface area contributed by atoms with Crippen LogP contribution in [0.4, 0.5) is 0 Å². The summed E-state index contributed by atoms with van der Waals surface area (Å²) in [6, 6.07) is 1.35. The number of ether oxygens (including phenoxy) is 1. The Labute approximate surface area is 156 Å². The zero-order chi connectivity index (χ0) is 19.6. The van der Waals surface area contributed by atoms with Crippen molar-refractivity contribution in [3.05, 3.63) is 23.8 Å². The van der Waals surface area contributed by atoms with E-state index in [1.165, 1.54) is 9.42 Å². The quantitative estimate of drug-likeness (QED) is 0.627. The largest absolute Gasteiger partial charge is 0.450 e. The van der Waals surface area contributed by atoms with Crippen LogP contribution in [0.1, 0.15) is 36.1 Å². The number of aromatic nitrogens is 4. The topological polar surface area (TPSA) is 124 Å². The molecule has 11 heteroatoms. The highest BCUT2D eigenvalue weighted by Gasteiger charge is 2.34. The van der Waals surface area contributed by atoms with Crippen LogP contribution < -0.4 is 0 Å². The highest BCUT2D eigenvalue weighted by Crippen LogP contribution is 2.18. The van der Waals surface area contributed by atoms with Gasteiger partial charge in [-0.05, 0) is 25.8 Å². The summed E-state index contributed by atoms with van der Waals surface area (Å²) < 4.78 is 29.8. The summed E-state index contributed by atoms with van der Waals surface area (Å²) in [4.78, 5) is 34.2. The number of hydrogen-bond donors (Lipinski definition) is 0. The van der Waals surface area contributed by atoms with E-state index in [4.69, 9.17) is 4.74 Å². The number of carbonyl (C=O) groups is 2. The van der Waals surface area contributed by atoms with Gasteiger partial charge in [0.2, 0.25) is 0 Å². The summed E-state index contributed by atoms with van der Waals surface area (Å²) in [5.74, 6) is -1.16. The molecule has 1 saturated heterocycles. The predicted octanol–water partition coefficient (Wildman–Crippen LogP) is 0.0152. The number of esters is 1. The summed E-state index contributed by atoms with van der Waals surface area (Å²) in [7, 11) is -3.12. The molecule has 0 aromatic carbocycles. The molecule has 0 unspecified atom stereocenters. The van der Waals surface area contributed by atoms with E-state index in [9.17, 15) is 18.0 Å². The number of rotatable bonds is 6. The first-order valence-corrected chi connectivity index (χ1v) is 10.5. The fourth-order valence-corrected chi connectivity index (χ4v) is 4.77. The van der Waals surface area contributed by atoms with Crippen LogP contribution in [0, 0.1) is 6.92 Å². The Kier molecular flexibility index (Phi) is 5.40. The predicted molar refractivity (Wildman–Crippen MR) is 94.9 cm³/mol. The van der Waals surface area contributed by atoms with Crippen molar-refractivity contribution >= 4 is 27.5 Å². The van der Waals surface area contributed by atoms with Crippen molar-refractivity contribution in [2.45, 2.75) is 32.7 Å². The van der Waals surface area contributed by atoms with Crippen molar-refractivity contribution in [2.75, 3.05) is 24.7 Å². The minimum Gasteiger partial charge on any atom is -0.450 e. The van der Waals surface area contributed by atoms with Gasteiger partial charge in [-0.1, -0.05) is 6.92 Å². The summed E-state index contributed by atoms with van der Waals surface area (Å²) in [5, 5.41) is 4.03. The fraction of sp³-hybridized carbons (Fsp3) is 0.562. The lowest BCUT2D eigenvalue weighted by Crippen LogP contribution is -2.43. The second-order valence-electron chi connectivity index (χ2n) is 6.45. The van der Waals surface area contributed by atoms with E-state index < -0.39 is 28.3 Å². The van der Waals surface area contributed by atoms with Gasteiger partial charge in [-0.3, -0.25) is 4.79 Å². The second-order valence-corrected chi connectivity index (χ2v) is 8.68. The van der Waals surface area contributed by atoms with Crippen LogP contribution in [0.25, 0.3) is 5.78 Å². The number of sulfone groups is 1.